The lowest BCUT2D eigenvalue weighted by atomic mass is 10.1. The second-order valence-electron chi connectivity index (χ2n) is 2.51. The van der Waals surface area contributed by atoms with Crippen molar-refractivity contribution in [2.45, 2.75) is 0 Å². The summed E-state index contributed by atoms with van der Waals surface area (Å²) in [5.74, 6) is -1.07. The number of carbonyl (C=O) groups is 2. The van der Waals surface area contributed by atoms with Crippen LogP contribution in [0, 0.1) is 15.9 Å². The van der Waals surface area contributed by atoms with Crippen LogP contribution in [0.3, 0.4) is 0 Å². The fraction of sp³-hybridized carbons (Fsp3) is 0. The maximum absolute atomic E-state index is 13.0. The first-order valence-corrected chi connectivity index (χ1v) is 3.98. The monoisotopic (exact) mass is 231 g/mol. The summed E-state index contributed by atoms with van der Waals surface area (Å²) in [6, 6.07) is 1.63. The highest BCUT2D eigenvalue weighted by molar-refractivity contribution is 6.68. The molecule has 5 nitrogen and oxygen atoms in total. The third kappa shape index (κ3) is 1.99. The van der Waals surface area contributed by atoms with Crippen LogP contribution in [0.1, 0.15) is 20.7 Å². The van der Waals surface area contributed by atoms with Gasteiger partial charge in [0.05, 0.1) is 4.92 Å². The molecule has 0 aromatic heterocycles. The molecule has 0 N–H and O–H groups in total. The highest BCUT2D eigenvalue weighted by atomic mass is 35.5. The first-order valence-electron chi connectivity index (χ1n) is 3.61. The Balaban J connectivity index is 3.63. The molecule has 0 saturated heterocycles. The normalized spacial score (nSPS) is 9.73. The molecule has 0 saturated carbocycles. The Hall–Kier alpha value is -1.82. The Morgan fingerprint density at radius 2 is 2.13 bits per heavy atom. The van der Waals surface area contributed by atoms with Gasteiger partial charge in [-0.3, -0.25) is 19.7 Å². The van der Waals surface area contributed by atoms with Crippen LogP contribution in [-0.4, -0.2) is 16.5 Å². The van der Waals surface area contributed by atoms with E-state index in [9.17, 15) is 24.1 Å². The zero-order valence-electron chi connectivity index (χ0n) is 7.07. The van der Waals surface area contributed by atoms with Crippen molar-refractivity contribution >= 4 is 28.8 Å². The molecule has 0 aliphatic carbocycles. The van der Waals surface area contributed by atoms with E-state index in [-0.39, 0.29) is 6.29 Å². The number of nitro groups is 1. The van der Waals surface area contributed by atoms with Crippen LogP contribution < -0.4 is 0 Å². The molecule has 15 heavy (non-hydrogen) atoms. The van der Waals surface area contributed by atoms with Crippen LogP contribution in [0.25, 0.3) is 0 Å². The lowest BCUT2D eigenvalue weighted by Gasteiger charge is -2.00. The molecular formula is C8H3ClFNO4. The predicted molar refractivity (Wildman–Crippen MR) is 48.6 cm³/mol. The molecule has 7 heteroatoms. The molecule has 0 amide bonds. The van der Waals surface area contributed by atoms with Crippen LogP contribution in [0.4, 0.5) is 10.1 Å². The van der Waals surface area contributed by atoms with Crippen molar-refractivity contribution in [2.75, 3.05) is 0 Å². The maximum Gasteiger partial charge on any atom is 0.294 e. The number of hydrogen-bond donors (Lipinski definition) is 0. The number of nitrogens with zero attached hydrogens (tertiary/aromatic N) is 1. The summed E-state index contributed by atoms with van der Waals surface area (Å²) < 4.78 is 13.0. The molecule has 0 radical (unpaired) electrons. The highest BCUT2D eigenvalue weighted by Gasteiger charge is 2.26. The third-order valence-electron chi connectivity index (χ3n) is 1.68. The molecular weight excluding hydrogens is 229 g/mol. The molecule has 0 atom stereocenters. The Labute approximate surface area is 87.6 Å². The summed E-state index contributed by atoms with van der Waals surface area (Å²) in [6.45, 7) is 0. The molecule has 1 rings (SSSR count). The molecule has 0 spiro atoms. The van der Waals surface area contributed by atoms with Crippen molar-refractivity contribution in [2.24, 2.45) is 0 Å². The quantitative estimate of drug-likeness (QED) is 0.345. The number of carbonyl (C=O) groups excluding carboxylic acids is 2. The van der Waals surface area contributed by atoms with Crippen LogP contribution in [0.5, 0.6) is 0 Å². The first kappa shape index (κ1) is 11.3. The van der Waals surface area contributed by atoms with Gasteiger partial charge in [0.2, 0.25) is 0 Å². The fourth-order valence-corrected chi connectivity index (χ4v) is 1.20. The summed E-state index contributed by atoms with van der Waals surface area (Å²) in [7, 11) is 0. The fourth-order valence-electron chi connectivity index (χ4n) is 1.05. The summed E-state index contributed by atoms with van der Waals surface area (Å²) in [4.78, 5) is 30.7. The minimum Gasteiger partial charge on any atom is -0.298 e. The predicted octanol–water partition coefficient (Wildman–Crippen LogP) is 1.93. The summed E-state index contributed by atoms with van der Waals surface area (Å²) in [5.41, 5.74) is -2.21. The minimum atomic E-state index is -1.12. The van der Waals surface area contributed by atoms with Crippen LogP contribution in [0.2, 0.25) is 0 Å². The zero-order valence-corrected chi connectivity index (χ0v) is 7.82. The number of hydrogen-bond acceptors (Lipinski definition) is 4. The van der Waals surface area contributed by atoms with Gasteiger partial charge in [0.1, 0.15) is 16.9 Å². The number of benzene rings is 1. The lowest BCUT2D eigenvalue weighted by Crippen LogP contribution is -2.04. The summed E-state index contributed by atoms with van der Waals surface area (Å²) in [6.07, 6.45) is -0.0310. The third-order valence-corrected chi connectivity index (χ3v) is 1.88. The smallest absolute Gasteiger partial charge is 0.294 e. The molecule has 1 aromatic rings. The molecule has 0 fully saturated rings. The van der Waals surface area contributed by atoms with E-state index >= 15 is 0 Å². The molecule has 0 aliphatic rings. The van der Waals surface area contributed by atoms with E-state index in [0.717, 1.165) is 12.1 Å². The van der Waals surface area contributed by atoms with Gasteiger partial charge in [-0.15, -0.1) is 0 Å². The van der Waals surface area contributed by atoms with E-state index in [1.54, 1.807) is 0 Å². The Morgan fingerprint density at radius 1 is 1.53 bits per heavy atom. The van der Waals surface area contributed by atoms with Gasteiger partial charge in [0, 0.05) is 0 Å². The van der Waals surface area contributed by atoms with E-state index in [1.807, 2.05) is 0 Å². The van der Waals surface area contributed by atoms with Crippen molar-refractivity contribution in [3.8, 4) is 0 Å². The van der Waals surface area contributed by atoms with E-state index in [0.29, 0.717) is 0 Å². The number of nitro benzene ring substituents is 1. The van der Waals surface area contributed by atoms with Gasteiger partial charge in [0.25, 0.3) is 10.9 Å². The van der Waals surface area contributed by atoms with E-state index in [4.69, 9.17) is 11.6 Å². The Morgan fingerprint density at radius 3 is 2.53 bits per heavy atom. The number of aldehydes is 1. The second kappa shape index (κ2) is 4.14. The van der Waals surface area contributed by atoms with Crippen molar-refractivity contribution < 1.29 is 18.9 Å². The van der Waals surface area contributed by atoms with E-state index in [1.165, 1.54) is 0 Å². The van der Waals surface area contributed by atoms with Crippen molar-refractivity contribution in [1.82, 2.24) is 0 Å². The minimum absolute atomic E-state index is 0.0310. The average molecular weight is 232 g/mol. The van der Waals surface area contributed by atoms with Gasteiger partial charge in [-0.25, -0.2) is 4.39 Å². The highest BCUT2D eigenvalue weighted by Crippen LogP contribution is 2.26. The van der Waals surface area contributed by atoms with Gasteiger partial charge in [-0.2, -0.15) is 0 Å². The van der Waals surface area contributed by atoms with Gasteiger partial charge >= 0.3 is 0 Å². The van der Waals surface area contributed by atoms with Gasteiger partial charge in [-0.05, 0) is 23.7 Å². The SMILES string of the molecule is O=Cc1c(F)ccc(C(=O)Cl)c1[N+](=O)[O-]. The van der Waals surface area contributed by atoms with Crippen LogP contribution in [0.15, 0.2) is 12.1 Å². The van der Waals surface area contributed by atoms with Gasteiger partial charge < -0.3 is 0 Å². The standard InChI is InChI=1S/C8H3ClFNO4/c9-8(13)4-1-2-6(10)5(3-12)7(4)11(14)15/h1-3H. The molecule has 0 bridgehead atoms. The summed E-state index contributed by atoms with van der Waals surface area (Å²) >= 11 is 5.05. The molecule has 0 heterocycles. The number of halogens is 2. The Bertz CT molecular complexity index is 460. The van der Waals surface area contributed by atoms with Crippen molar-refractivity contribution in [1.29, 1.82) is 0 Å². The second-order valence-corrected chi connectivity index (χ2v) is 2.85. The molecule has 78 valence electrons. The van der Waals surface area contributed by atoms with Crippen LogP contribution in [-0.2, 0) is 0 Å². The topological polar surface area (TPSA) is 77.3 Å². The lowest BCUT2D eigenvalue weighted by molar-refractivity contribution is -0.385. The molecule has 1 aromatic carbocycles. The first-order chi connectivity index (χ1) is 6.99. The molecule has 0 unspecified atom stereocenters. The average Bonchev–Trinajstić information content (AvgIpc) is 2.16. The summed E-state index contributed by atoms with van der Waals surface area (Å²) in [5, 5.41) is 9.41. The Kier molecular flexibility index (Phi) is 3.11. The van der Waals surface area contributed by atoms with E-state index in [2.05, 4.69) is 0 Å². The van der Waals surface area contributed by atoms with E-state index < -0.39 is 32.8 Å². The largest absolute Gasteiger partial charge is 0.298 e. The zero-order chi connectivity index (χ0) is 11.6. The van der Waals surface area contributed by atoms with Crippen molar-refractivity contribution in [3.05, 3.63) is 39.2 Å². The molecule has 0 aliphatic heterocycles. The van der Waals surface area contributed by atoms with Gasteiger partial charge in [0.15, 0.2) is 6.29 Å². The maximum atomic E-state index is 13.0. The number of rotatable bonds is 3. The van der Waals surface area contributed by atoms with Crippen molar-refractivity contribution in [3.63, 3.8) is 0 Å². The van der Waals surface area contributed by atoms with Gasteiger partial charge in [-0.1, -0.05) is 0 Å². The van der Waals surface area contributed by atoms with Crippen LogP contribution >= 0.6 is 11.6 Å².